The molecule has 2 heterocycles. The lowest BCUT2D eigenvalue weighted by atomic mass is 10.1. The van der Waals surface area contributed by atoms with Gasteiger partial charge in [0.2, 0.25) is 0 Å². The predicted octanol–water partition coefficient (Wildman–Crippen LogP) is 1.70. The van der Waals surface area contributed by atoms with Gasteiger partial charge in [0.05, 0.1) is 24.3 Å². The fraction of sp³-hybridized carbons (Fsp3) is 0.583. The second-order valence-corrected chi connectivity index (χ2v) is 4.98. The van der Waals surface area contributed by atoms with Crippen LogP contribution in [-0.4, -0.2) is 41.6 Å². The topological polar surface area (TPSA) is 55.3 Å². The van der Waals surface area contributed by atoms with Gasteiger partial charge >= 0.3 is 0 Å². The van der Waals surface area contributed by atoms with Crippen LogP contribution in [0.4, 0.5) is 5.82 Å². The molecule has 0 radical (unpaired) electrons. The second kappa shape index (κ2) is 4.82. The molecule has 1 aromatic rings. The van der Waals surface area contributed by atoms with Crippen molar-refractivity contribution in [2.75, 3.05) is 18.1 Å². The van der Waals surface area contributed by atoms with E-state index in [2.05, 4.69) is 14.9 Å². The Morgan fingerprint density at radius 1 is 1.44 bits per heavy atom. The SMILES string of the molecule is O=Cc1c(Cl)ncnc1N1CCOC2CCCC21. The third-order valence-corrected chi connectivity index (χ3v) is 3.99. The molecule has 1 saturated carbocycles. The van der Waals surface area contributed by atoms with E-state index in [0.29, 0.717) is 24.0 Å². The number of anilines is 1. The normalized spacial score (nSPS) is 27.1. The number of rotatable bonds is 2. The maximum Gasteiger partial charge on any atom is 0.156 e. The number of halogens is 1. The number of carbonyl (C=O) groups excluding carboxylic acids is 1. The lowest BCUT2D eigenvalue weighted by Crippen LogP contribution is -2.49. The predicted molar refractivity (Wildman–Crippen MR) is 67.2 cm³/mol. The molecule has 0 aromatic carbocycles. The van der Waals surface area contributed by atoms with E-state index < -0.39 is 0 Å². The van der Waals surface area contributed by atoms with Crippen LogP contribution in [0.15, 0.2) is 6.33 Å². The van der Waals surface area contributed by atoms with Crippen LogP contribution < -0.4 is 4.90 Å². The quantitative estimate of drug-likeness (QED) is 0.603. The van der Waals surface area contributed by atoms with Gasteiger partial charge in [0.25, 0.3) is 0 Å². The molecule has 2 aliphatic rings. The van der Waals surface area contributed by atoms with Crippen LogP contribution in [0.3, 0.4) is 0 Å². The molecule has 0 spiro atoms. The minimum Gasteiger partial charge on any atom is -0.374 e. The van der Waals surface area contributed by atoms with Crippen molar-refractivity contribution >= 4 is 23.7 Å². The van der Waals surface area contributed by atoms with Gasteiger partial charge in [-0.25, -0.2) is 9.97 Å². The molecular formula is C12H14ClN3O2. The molecule has 0 bridgehead atoms. The number of aromatic nitrogens is 2. The van der Waals surface area contributed by atoms with Gasteiger partial charge in [0.1, 0.15) is 17.3 Å². The van der Waals surface area contributed by atoms with Crippen LogP contribution in [0.25, 0.3) is 0 Å². The van der Waals surface area contributed by atoms with Crippen LogP contribution >= 0.6 is 11.6 Å². The van der Waals surface area contributed by atoms with Gasteiger partial charge in [-0.05, 0) is 19.3 Å². The zero-order valence-electron chi connectivity index (χ0n) is 9.88. The van der Waals surface area contributed by atoms with Gasteiger partial charge in [-0.1, -0.05) is 11.6 Å². The number of ether oxygens (including phenoxy) is 1. The minimum absolute atomic E-state index is 0.219. The average molecular weight is 268 g/mol. The molecule has 1 aliphatic carbocycles. The summed E-state index contributed by atoms with van der Waals surface area (Å²) in [5, 5.41) is 0.219. The highest BCUT2D eigenvalue weighted by Gasteiger charge is 2.37. The number of morpholine rings is 1. The number of hydrogen-bond donors (Lipinski definition) is 0. The van der Waals surface area contributed by atoms with Crippen molar-refractivity contribution in [1.82, 2.24) is 9.97 Å². The average Bonchev–Trinajstić information content (AvgIpc) is 2.86. The van der Waals surface area contributed by atoms with Crippen LogP contribution in [-0.2, 0) is 4.74 Å². The van der Waals surface area contributed by atoms with Gasteiger partial charge in [-0.3, -0.25) is 4.79 Å². The molecule has 3 rings (SSSR count). The molecule has 1 aliphatic heterocycles. The highest BCUT2D eigenvalue weighted by atomic mass is 35.5. The van der Waals surface area contributed by atoms with Gasteiger partial charge in [-0.15, -0.1) is 0 Å². The van der Waals surface area contributed by atoms with Crippen molar-refractivity contribution in [3.05, 3.63) is 17.0 Å². The molecule has 2 fully saturated rings. The largest absolute Gasteiger partial charge is 0.374 e. The van der Waals surface area contributed by atoms with E-state index in [9.17, 15) is 4.79 Å². The van der Waals surface area contributed by atoms with E-state index in [1.807, 2.05) is 0 Å². The van der Waals surface area contributed by atoms with Crippen LogP contribution in [0, 0.1) is 0 Å². The molecule has 6 heteroatoms. The van der Waals surface area contributed by atoms with Crippen LogP contribution in [0.2, 0.25) is 5.15 Å². The summed E-state index contributed by atoms with van der Waals surface area (Å²) in [6.07, 6.45) is 5.70. The van der Waals surface area contributed by atoms with Crippen LogP contribution in [0.5, 0.6) is 0 Å². The van der Waals surface area contributed by atoms with E-state index in [0.717, 1.165) is 32.1 Å². The van der Waals surface area contributed by atoms with Crippen molar-refractivity contribution in [3.8, 4) is 0 Å². The maximum absolute atomic E-state index is 11.2. The number of aldehydes is 1. The van der Waals surface area contributed by atoms with Gasteiger partial charge in [0.15, 0.2) is 6.29 Å². The highest BCUT2D eigenvalue weighted by Crippen LogP contribution is 2.34. The van der Waals surface area contributed by atoms with Gasteiger partial charge in [-0.2, -0.15) is 0 Å². The lowest BCUT2D eigenvalue weighted by molar-refractivity contribution is 0.0252. The third-order valence-electron chi connectivity index (χ3n) is 3.69. The molecule has 2 unspecified atom stereocenters. The lowest BCUT2D eigenvalue weighted by Gasteiger charge is -2.38. The summed E-state index contributed by atoms with van der Waals surface area (Å²) < 4.78 is 5.75. The van der Waals surface area contributed by atoms with E-state index in [-0.39, 0.29) is 11.3 Å². The Balaban J connectivity index is 1.98. The van der Waals surface area contributed by atoms with Crippen molar-refractivity contribution in [1.29, 1.82) is 0 Å². The van der Waals surface area contributed by atoms with Crippen molar-refractivity contribution < 1.29 is 9.53 Å². The Labute approximate surface area is 110 Å². The van der Waals surface area contributed by atoms with Crippen LogP contribution in [0.1, 0.15) is 29.6 Å². The maximum atomic E-state index is 11.2. The summed E-state index contributed by atoms with van der Waals surface area (Å²) in [7, 11) is 0. The van der Waals surface area contributed by atoms with E-state index >= 15 is 0 Å². The molecule has 5 nitrogen and oxygen atoms in total. The fourth-order valence-electron chi connectivity index (χ4n) is 2.88. The number of carbonyl (C=O) groups is 1. The number of hydrogen-bond acceptors (Lipinski definition) is 5. The Morgan fingerprint density at radius 3 is 3.17 bits per heavy atom. The van der Waals surface area contributed by atoms with Crippen molar-refractivity contribution in [3.63, 3.8) is 0 Å². The first-order chi connectivity index (χ1) is 8.81. The van der Waals surface area contributed by atoms with Crippen molar-refractivity contribution in [2.45, 2.75) is 31.4 Å². The van der Waals surface area contributed by atoms with E-state index in [1.54, 1.807) is 0 Å². The van der Waals surface area contributed by atoms with E-state index in [1.165, 1.54) is 6.33 Å². The molecule has 18 heavy (non-hydrogen) atoms. The molecule has 2 atom stereocenters. The molecule has 96 valence electrons. The second-order valence-electron chi connectivity index (χ2n) is 4.62. The summed E-state index contributed by atoms with van der Waals surface area (Å²) >= 11 is 5.95. The highest BCUT2D eigenvalue weighted by molar-refractivity contribution is 6.32. The standard InChI is InChI=1S/C12H14ClN3O2/c13-11-8(6-17)12(15-7-14-11)16-4-5-18-10-3-1-2-9(10)16/h6-7,9-10H,1-5H2. The first-order valence-electron chi connectivity index (χ1n) is 6.15. The van der Waals surface area contributed by atoms with Crippen molar-refractivity contribution in [2.24, 2.45) is 0 Å². The number of fused-ring (bicyclic) bond motifs is 1. The number of nitrogens with zero attached hydrogens (tertiary/aromatic N) is 3. The monoisotopic (exact) mass is 267 g/mol. The summed E-state index contributed by atoms with van der Waals surface area (Å²) in [6, 6.07) is 0.309. The molecule has 1 saturated heterocycles. The molecule has 0 amide bonds. The molecular weight excluding hydrogens is 254 g/mol. The third kappa shape index (κ3) is 1.87. The molecule has 1 aromatic heterocycles. The zero-order chi connectivity index (χ0) is 12.5. The van der Waals surface area contributed by atoms with Gasteiger partial charge < -0.3 is 9.64 Å². The Morgan fingerprint density at radius 2 is 2.33 bits per heavy atom. The smallest absolute Gasteiger partial charge is 0.156 e. The summed E-state index contributed by atoms with van der Waals surface area (Å²) in [5.74, 6) is 0.644. The first kappa shape index (κ1) is 11.9. The Kier molecular flexibility index (Phi) is 3.18. The first-order valence-corrected chi connectivity index (χ1v) is 6.53. The zero-order valence-corrected chi connectivity index (χ0v) is 10.6. The fourth-order valence-corrected chi connectivity index (χ4v) is 3.06. The summed E-state index contributed by atoms with van der Waals surface area (Å²) in [5.41, 5.74) is 0.381. The summed E-state index contributed by atoms with van der Waals surface area (Å²) in [4.78, 5) is 21.4. The Bertz CT molecular complexity index is 469. The molecule has 0 N–H and O–H groups in total. The summed E-state index contributed by atoms with van der Waals surface area (Å²) in [6.45, 7) is 1.41. The van der Waals surface area contributed by atoms with E-state index in [4.69, 9.17) is 16.3 Å². The van der Waals surface area contributed by atoms with Gasteiger partial charge in [0, 0.05) is 6.54 Å². The minimum atomic E-state index is 0.219. The Hall–Kier alpha value is -1.20.